The van der Waals surface area contributed by atoms with Gasteiger partial charge >= 0.3 is 0 Å². The van der Waals surface area contributed by atoms with Crippen LogP contribution in [0.4, 0.5) is 14.5 Å². The van der Waals surface area contributed by atoms with Crippen LogP contribution in [0, 0.1) is 24.5 Å². The lowest BCUT2D eigenvalue weighted by molar-refractivity contribution is -0.116. The van der Waals surface area contributed by atoms with Gasteiger partial charge in [0, 0.05) is 81.9 Å². The molecule has 0 saturated heterocycles. The van der Waals surface area contributed by atoms with E-state index in [1.807, 2.05) is 26.8 Å². The molecular weight excluding hydrogens is 869 g/mol. The molecule has 10 aromatic heterocycles. The van der Waals surface area contributed by atoms with Crippen LogP contribution in [0.3, 0.4) is 0 Å². The number of carbonyl (C=O) groups is 1. The molecule has 0 fully saturated rings. The summed E-state index contributed by atoms with van der Waals surface area (Å²) >= 11 is 0. The number of halogens is 2. The van der Waals surface area contributed by atoms with E-state index >= 15 is 8.78 Å². The van der Waals surface area contributed by atoms with E-state index in [-0.39, 0.29) is 45.4 Å². The number of aryl methyl sites for hydroxylation is 1. The molecule has 12 rings (SSSR count). The van der Waals surface area contributed by atoms with E-state index in [9.17, 15) is 4.79 Å². The van der Waals surface area contributed by atoms with Gasteiger partial charge in [-0.3, -0.25) is 34.9 Å². The average molecular weight is 904 g/mol. The molecule has 332 valence electrons. The Balaban J connectivity index is 1.02. The number of amides is 1. The summed E-state index contributed by atoms with van der Waals surface area (Å²) in [7, 11) is 0. The van der Waals surface area contributed by atoms with Crippen molar-refractivity contribution in [3.05, 3.63) is 128 Å². The first-order chi connectivity index (χ1) is 33.2. The molecule has 0 unspecified atom stereocenters. The number of rotatable bonds is 10. The third kappa shape index (κ3) is 6.59. The standard InChI is InChI=1S/C50H35F2N13O3/c1-23(2)14-37(66)57-27-15-26(17-54-18-27)29-16-30(43-39(41(29)52)48(65-63-43)50-58-35-7-11-55-42(45(35)60-50)25-9-13-67-20-25)32-21-68-22-33(32)44-46-36(8-12-56-44)59-49(61-46)47-38-34(62-64-47)5-4-28(40(38)51)31-19-53-10-6-24(31)3/h4-13,15-23H,14H2,1-3H3,(H,57,66)(H,58,60)(H,59,61)(H,62,64)(H,63,65). The molecule has 10 heterocycles. The fourth-order valence-electron chi connectivity index (χ4n) is 8.79. The van der Waals surface area contributed by atoms with Crippen molar-refractivity contribution >= 4 is 55.5 Å². The van der Waals surface area contributed by atoms with Crippen molar-refractivity contribution in [1.82, 2.24) is 60.3 Å². The van der Waals surface area contributed by atoms with E-state index in [1.54, 1.807) is 92.3 Å². The molecule has 0 spiro atoms. The van der Waals surface area contributed by atoms with Crippen LogP contribution in [-0.2, 0) is 4.79 Å². The molecule has 2 aromatic carbocycles. The van der Waals surface area contributed by atoms with E-state index in [0.717, 1.165) is 11.1 Å². The summed E-state index contributed by atoms with van der Waals surface area (Å²) in [6, 6.07) is 14.0. The molecule has 0 aliphatic carbocycles. The van der Waals surface area contributed by atoms with Gasteiger partial charge in [0.15, 0.2) is 11.6 Å². The molecule has 0 saturated carbocycles. The number of H-pyrrole nitrogens is 4. The molecule has 12 aromatic rings. The molecule has 0 aliphatic heterocycles. The molecule has 0 radical (unpaired) electrons. The van der Waals surface area contributed by atoms with Crippen LogP contribution >= 0.6 is 0 Å². The Morgan fingerprint density at radius 3 is 2.15 bits per heavy atom. The minimum Gasteiger partial charge on any atom is -0.472 e. The van der Waals surface area contributed by atoms with Crippen molar-refractivity contribution in [3.8, 4) is 78.9 Å². The maximum absolute atomic E-state index is 17.6. The number of pyridine rings is 4. The first kappa shape index (κ1) is 40.3. The quantitative estimate of drug-likeness (QED) is 0.0868. The second kappa shape index (κ2) is 15.8. The fraction of sp³-hybridized carbons (Fsp3) is 0.100. The molecule has 16 nitrogen and oxygen atoms in total. The van der Waals surface area contributed by atoms with E-state index in [2.05, 4.69) is 50.6 Å². The third-order valence-electron chi connectivity index (χ3n) is 12.0. The van der Waals surface area contributed by atoms with Crippen LogP contribution in [0.25, 0.3) is 123 Å². The van der Waals surface area contributed by atoms with Crippen LogP contribution in [0.5, 0.6) is 0 Å². The van der Waals surface area contributed by atoms with Crippen LogP contribution < -0.4 is 5.32 Å². The molecule has 68 heavy (non-hydrogen) atoms. The Kier molecular flexibility index (Phi) is 9.35. The summed E-state index contributed by atoms with van der Waals surface area (Å²) in [4.78, 5) is 47.3. The van der Waals surface area contributed by atoms with Crippen molar-refractivity contribution in [1.29, 1.82) is 0 Å². The highest BCUT2D eigenvalue weighted by Crippen LogP contribution is 2.45. The first-order valence-electron chi connectivity index (χ1n) is 21.5. The van der Waals surface area contributed by atoms with Gasteiger partial charge < -0.3 is 24.1 Å². The highest BCUT2D eigenvalue weighted by atomic mass is 19.1. The molecule has 0 atom stereocenters. The van der Waals surface area contributed by atoms with Gasteiger partial charge in [-0.1, -0.05) is 13.8 Å². The average Bonchev–Trinajstić information content (AvgIpc) is 4.19. The number of benzene rings is 2. The van der Waals surface area contributed by atoms with Crippen molar-refractivity contribution in [2.24, 2.45) is 5.92 Å². The Morgan fingerprint density at radius 2 is 1.38 bits per heavy atom. The number of imidazole rings is 2. The lowest BCUT2D eigenvalue weighted by Crippen LogP contribution is -2.14. The fourth-order valence-corrected chi connectivity index (χ4v) is 8.79. The Hall–Kier alpha value is -9.19. The highest BCUT2D eigenvalue weighted by molar-refractivity contribution is 6.08. The molecule has 18 heteroatoms. The third-order valence-corrected chi connectivity index (χ3v) is 12.0. The first-order valence-corrected chi connectivity index (χ1v) is 21.5. The largest absolute Gasteiger partial charge is 0.472 e. The zero-order chi connectivity index (χ0) is 46.2. The van der Waals surface area contributed by atoms with Crippen molar-refractivity contribution < 1.29 is 22.4 Å². The highest BCUT2D eigenvalue weighted by Gasteiger charge is 2.28. The van der Waals surface area contributed by atoms with Gasteiger partial charge in [-0.25, -0.2) is 18.7 Å². The van der Waals surface area contributed by atoms with Crippen LogP contribution in [-0.4, -0.2) is 66.2 Å². The Labute approximate surface area is 382 Å². The van der Waals surface area contributed by atoms with Gasteiger partial charge in [0.2, 0.25) is 5.91 Å². The lowest BCUT2D eigenvalue weighted by atomic mass is 9.93. The van der Waals surface area contributed by atoms with Crippen molar-refractivity contribution in [3.63, 3.8) is 0 Å². The Bertz CT molecular complexity index is 3940. The van der Waals surface area contributed by atoms with E-state index < -0.39 is 11.6 Å². The van der Waals surface area contributed by atoms with Gasteiger partial charge in [0.25, 0.3) is 0 Å². The summed E-state index contributed by atoms with van der Waals surface area (Å²) in [6.45, 7) is 5.81. The number of furan rings is 2. The number of hydrogen-bond donors (Lipinski definition) is 5. The summed E-state index contributed by atoms with van der Waals surface area (Å²) < 4.78 is 45.4. The SMILES string of the molecule is Cc1ccncc1-c1ccc2[nH]nc(-c3nc4c(-c5cocc5-c5cc(-c6cncc(NC(=O)CC(C)C)c6)c(F)c6c(-c7nc8c(-c9ccoc9)nccc8[nH]7)n[nH]c56)nccc4[nH]3)c2c1F. The number of aromatic nitrogens is 12. The van der Waals surface area contributed by atoms with Gasteiger partial charge in [-0.15, -0.1) is 0 Å². The van der Waals surface area contributed by atoms with Gasteiger partial charge in [-0.05, 0) is 66.9 Å². The van der Waals surface area contributed by atoms with Crippen LogP contribution in [0.1, 0.15) is 25.8 Å². The van der Waals surface area contributed by atoms with Gasteiger partial charge in [0.05, 0.1) is 63.5 Å². The second-order valence-electron chi connectivity index (χ2n) is 16.8. The van der Waals surface area contributed by atoms with Gasteiger partial charge in [-0.2, -0.15) is 10.2 Å². The van der Waals surface area contributed by atoms with Crippen molar-refractivity contribution in [2.45, 2.75) is 27.2 Å². The minimum absolute atomic E-state index is 0.122. The van der Waals surface area contributed by atoms with Crippen molar-refractivity contribution in [2.75, 3.05) is 5.32 Å². The van der Waals surface area contributed by atoms with Gasteiger partial charge in [0.1, 0.15) is 51.7 Å². The smallest absolute Gasteiger partial charge is 0.224 e. The second-order valence-corrected chi connectivity index (χ2v) is 16.8. The van der Waals surface area contributed by atoms with Crippen LogP contribution in [0.15, 0.2) is 120 Å². The molecule has 5 N–H and O–H groups in total. The number of nitrogens with zero attached hydrogens (tertiary/aromatic N) is 8. The number of hydrogen-bond acceptors (Lipinski definition) is 11. The monoisotopic (exact) mass is 903 g/mol. The summed E-state index contributed by atoms with van der Waals surface area (Å²) in [5.74, 6) is -0.561. The number of fused-ring (bicyclic) bond motifs is 4. The van der Waals surface area contributed by atoms with E-state index in [1.165, 1.54) is 12.4 Å². The topological polar surface area (TPSA) is 222 Å². The predicted molar refractivity (Wildman–Crippen MR) is 252 cm³/mol. The van der Waals surface area contributed by atoms with Crippen LogP contribution in [0.2, 0.25) is 0 Å². The normalized spacial score (nSPS) is 11.9. The maximum Gasteiger partial charge on any atom is 0.224 e. The number of anilines is 1. The summed E-state index contributed by atoms with van der Waals surface area (Å²) in [5.41, 5.74) is 9.66. The number of carbonyl (C=O) groups excluding carboxylic acids is 1. The summed E-state index contributed by atoms with van der Waals surface area (Å²) in [6.07, 6.45) is 16.1. The molecule has 0 bridgehead atoms. The summed E-state index contributed by atoms with van der Waals surface area (Å²) in [5, 5.41) is 18.5. The molecule has 0 aliphatic rings. The number of aromatic amines is 4. The lowest BCUT2D eigenvalue weighted by Gasteiger charge is -2.12. The Morgan fingerprint density at radius 1 is 0.647 bits per heavy atom. The maximum atomic E-state index is 17.6. The molecular formula is C50H35F2N13O3. The minimum atomic E-state index is -0.615. The predicted octanol–water partition coefficient (Wildman–Crippen LogP) is 11.2. The number of nitrogens with one attached hydrogen (secondary N) is 5. The zero-order valence-corrected chi connectivity index (χ0v) is 36.2. The van der Waals surface area contributed by atoms with E-state index in [4.69, 9.17) is 23.8 Å². The van der Waals surface area contributed by atoms with E-state index in [0.29, 0.717) is 95.8 Å². The zero-order valence-electron chi connectivity index (χ0n) is 36.2. The molecule has 1 amide bonds.